The number of amides is 2. The van der Waals surface area contributed by atoms with Crippen molar-refractivity contribution < 1.29 is 37.1 Å². The fourth-order valence-electron chi connectivity index (χ4n) is 6.57. The summed E-state index contributed by atoms with van der Waals surface area (Å²) < 4.78 is 43.1. The Bertz CT molecular complexity index is 2020. The number of hydrogen-bond donors (Lipinski definition) is 4. The van der Waals surface area contributed by atoms with Crippen LogP contribution in [0.2, 0.25) is 10.0 Å². The van der Waals surface area contributed by atoms with E-state index in [2.05, 4.69) is 44.9 Å². The summed E-state index contributed by atoms with van der Waals surface area (Å²) >= 11 is 11.0. The van der Waals surface area contributed by atoms with Gasteiger partial charge in [-0.15, -0.1) is 0 Å². The molecule has 16 heteroatoms. The minimum atomic E-state index is -4.27. The second-order valence-corrected chi connectivity index (χ2v) is 15.7. The largest absolute Gasteiger partial charge is 0.506 e. The maximum absolute atomic E-state index is 13.3. The van der Waals surface area contributed by atoms with Crippen LogP contribution in [-0.2, 0) is 44.3 Å². The van der Waals surface area contributed by atoms with E-state index in [0.29, 0.717) is 63.2 Å². The zero-order valence-corrected chi connectivity index (χ0v) is 33.0. The lowest BCUT2D eigenvalue weighted by atomic mass is 9.94. The Labute approximate surface area is 331 Å². The van der Waals surface area contributed by atoms with Crippen molar-refractivity contribution in [1.82, 2.24) is 20.0 Å². The molecule has 2 aliphatic rings. The highest BCUT2D eigenvalue weighted by Crippen LogP contribution is 2.39. The molecule has 2 heterocycles. The van der Waals surface area contributed by atoms with Gasteiger partial charge in [-0.3, -0.25) is 18.8 Å². The fraction of sp³-hybridized carbons (Fsp3) is 0.410. The standard InChI is InChI=1S/C33H43N5O5.C6H4Cl2O3S/c1-37-22-27(21-35-37)25-9-7-24(8-10-25)14-19-42-20-15-31(41)38(28-5-3-2-4-6-28)18-17-34-16-13-26-11-12-29(39)32-33(26)43-23-30(40)36-32;7-4-1-2-5(8)6(3-4)12(9,10)11/h7-12,21-22,28,34,39H,2-6,13-20,23H2,1H3,(H,36,40);1-3H,(H,9,10,11). The first kappa shape index (κ1) is 42.0. The minimum absolute atomic E-state index is 0.000764. The number of hydrogen-bond acceptors (Lipinski definition) is 9. The molecule has 13 nitrogen and oxygen atoms in total. The van der Waals surface area contributed by atoms with E-state index in [1.54, 1.807) is 10.7 Å². The first-order valence-electron chi connectivity index (χ1n) is 18.2. The number of carbonyl (C=O) groups excluding carboxylic acids is 2. The molecule has 296 valence electrons. The van der Waals surface area contributed by atoms with Gasteiger partial charge in [0.25, 0.3) is 16.0 Å². The highest BCUT2D eigenvalue weighted by Gasteiger charge is 2.25. The minimum Gasteiger partial charge on any atom is -0.506 e. The molecular formula is C39H47Cl2N5O8S. The summed E-state index contributed by atoms with van der Waals surface area (Å²) in [7, 11) is -2.36. The summed E-state index contributed by atoms with van der Waals surface area (Å²) in [6.45, 7) is 2.99. The lowest BCUT2D eigenvalue weighted by Crippen LogP contribution is -2.45. The van der Waals surface area contributed by atoms with Crippen molar-refractivity contribution in [3.8, 4) is 22.6 Å². The van der Waals surface area contributed by atoms with Crippen LogP contribution in [0, 0.1) is 0 Å². The normalized spacial score (nSPS) is 14.3. The molecule has 1 aliphatic carbocycles. The predicted octanol–water partition coefficient (Wildman–Crippen LogP) is 6.31. The van der Waals surface area contributed by atoms with Crippen LogP contribution in [0.1, 0.15) is 49.7 Å². The van der Waals surface area contributed by atoms with E-state index in [-0.39, 0.29) is 39.1 Å². The Morgan fingerprint density at radius 2 is 1.80 bits per heavy atom. The molecule has 0 unspecified atom stereocenters. The molecule has 1 aromatic heterocycles. The van der Waals surface area contributed by atoms with Crippen molar-refractivity contribution in [3.05, 3.63) is 88.2 Å². The maximum Gasteiger partial charge on any atom is 0.296 e. The van der Waals surface area contributed by atoms with Crippen LogP contribution in [0.25, 0.3) is 11.1 Å². The third kappa shape index (κ3) is 12.4. The van der Waals surface area contributed by atoms with Gasteiger partial charge < -0.3 is 30.1 Å². The van der Waals surface area contributed by atoms with Crippen molar-refractivity contribution in [3.63, 3.8) is 0 Å². The molecule has 0 atom stereocenters. The van der Waals surface area contributed by atoms with Gasteiger partial charge in [0, 0.05) is 43.0 Å². The van der Waals surface area contributed by atoms with Crippen LogP contribution in [0.4, 0.5) is 5.69 Å². The number of aryl methyl sites for hydroxylation is 1. The third-order valence-electron chi connectivity index (χ3n) is 9.42. The van der Waals surface area contributed by atoms with E-state index in [0.717, 1.165) is 42.0 Å². The molecule has 0 saturated heterocycles. The van der Waals surface area contributed by atoms with Crippen molar-refractivity contribution in [2.24, 2.45) is 7.05 Å². The molecule has 55 heavy (non-hydrogen) atoms. The van der Waals surface area contributed by atoms with Gasteiger partial charge in [0.15, 0.2) is 12.4 Å². The van der Waals surface area contributed by atoms with Gasteiger partial charge in [-0.1, -0.05) is 72.8 Å². The van der Waals surface area contributed by atoms with Crippen LogP contribution in [-0.4, -0.2) is 90.1 Å². The Morgan fingerprint density at radius 1 is 1.04 bits per heavy atom. The Balaban J connectivity index is 0.000000413. The summed E-state index contributed by atoms with van der Waals surface area (Å²) in [5.41, 5.74) is 4.70. The Morgan fingerprint density at radius 3 is 2.49 bits per heavy atom. The molecule has 0 spiro atoms. The monoisotopic (exact) mass is 815 g/mol. The van der Waals surface area contributed by atoms with Crippen molar-refractivity contribution in [2.75, 3.05) is 44.8 Å². The van der Waals surface area contributed by atoms with E-state index < -0.39 is 10.1 Å². The van der Waals surface area contributed by atoms with Crippen molar-refractivity contribution >= 4 is 50.8 Å². The zero-order valence-electron chi connectivity index (χ0n) is 30.7. The zero-order chi connectivity index (χ0) is 39.4. The number of aromatic nitrogens is 2. The lowest BCUT2D eigenvalue weighted by molar-refractivity contribution is -0.135. The summed E-state index contributed by atoms with van der Waals surface area (Å²) in [5.74, 6) is 0.414. The number of anilines is 1. The van der Waals surface area contributed by atoms with E-state index in [9.17, 15) is 23.1 Å². The molecule has 1 fully saturated rings. The van der Waals surface area contributed by atoms with Gasteiger partial charge >= 0.3 is 0 Å². The summed E-state index contributed by atoms with van der Waals surface area (Å²) in [5, 5.41) is 20.6. The van der Waals surface area contributed by atoms with Crippen LogP contribution < -0.4 is 15.4 Å². The van der Waals surface area contributed by atoms with Crippen molar-refractivity contribution in [2.45, 2.75) is 62.3 Å². The summed E-state index contributed by atoms with van der Waals surface area (Å²) in [6.07, 6.45) is 11.4. The number of nitrogens with zero attached hydrogens (tertiary/aromatic N) is 3. The molecular weight excluding hydrogens is 769 g/mol. The Kier molecular flexibility index (Phi) is 15.4. The number of halogens is 2. The number of phenolic OH excluding ortho intramolecular Hbond substituents is 1. The molecule has 4 aromatic rings. The molecule has 3 aromatic carbocycles. The van der Waals surface area contributed by atoms with Gasteiger partial charge in [0.2, 0.25) is 5.91 Å². The molecule has 1 aliphatic heterocycles. The molecule has 6 rings (SSSR count). The molecule has 2 amide bonds. The molecule has 4 N–H and O–H groups in total. The fourth-order valence-corrected chi connectivity index (χ4v) is 7.80. The first-order valence-corrected chi connectivity index (χ1v) is 20.4. The highest BCUT2D eigenvalue weighted by molar-refractivity contribution is 7.86. The van der Waals surface area contributed by atoms with Gasteiger partial charge in [0.1, 0.15) is 16.3 Å². The number of rotatable bonds is 15. The number of carbonyl (C=O) groups is 2. The second-order valence-electron chi connectivity index (χ2n) is 13.4. The van der Waals surface area contributed by atoms with E-state index in [4.69, 9.17) is 37.2 Å². The summed E-state index contributed by atoms with van der Waals surface area (Å²) in [6, 6.07) is 16.0. The van der Waals surface area contributed by atoms with Gasteiger partial charge in [-0.2, -0.15) is 13.5 Å². The Hall–Kier alpha value is -4.18. The van der Waals surface area contributed by atoms with E-state index in [1.807, 2.05) is 25.5 Å². The maximum atomic E-state index is 13.3. The number of fused-ring (bicyclic) bond motifs is 1. The van der Waals surface area contributed by atoms with Gasteiger partial charge in [0.05, 0.1) is 30.9 Å². The van der Waals surface area contributed by atoms with Crippen LogP contribution >= 0.6 is 23.2 Å². The molecule has 1 saturated carbocycles. The van der Waals surface area contributed by atoms with Crippen LogP contribution in [0.15, 0.2) is 71.9 Å². The van der Waals surface area contributed by atoms with Gasteiger partial charge in [-0.25, -0.2) is 0 Å². The second kappa shape index (κ2) is 20.1. The van der Waals surface area contributed by atoms with E-state index in [1.165, 1.54) is 37.0 Å². The number of nitrogens with one attached hydrogen (secondary N) is 2. The lowest BCUT2D eigenvalue weighted by Gasteiger charge is -2.34. The summed E-state index contributed by atoms with van der Waals surface area (Å²) in [4.78, 5) is 26.6. The number of benzene rings is 3. The average Bonchev–Trinajstić information content (AvgIpc) is 3.61. The number of ether oxygens (including phenoxy) is 2. The van der Waals surface area contributed by atoms with E-state index >= 15 is 0 Å². The number of phenols is 1. The molecule has 0 radical (unpaired) electrons. The van der Waals surface area contributed by atoms with Crippen LogP contribution in [0.3, 0.4) is 0 Å². The first-order chi connectivity index (χ1) is 26.4. The molecule has 0 bridgehead atoms. The smallest absolute Gasteiger partial charge is 0.296 e. The topological polar surface area (TPSA) is 172 Å². The SMILES string of the molecule is Cn1cc(-c2ccc(CCOCCC(=O)N(CCNCCc3ccc(O)c4c3OCC(=O)N4)C3CCCCC3)cc2)cn1.O=S(=O)(O)c1cc(Cl)ccc1Cl. The average molecular weight is 817 g/mol. The van der Waals surface area contributed by atoms with Crippen molar-refractivity contribution in [1.29, 1.82) is 0 Å². The predicted molar refractivity (Wildman–Crippen MR) is 211 cm³/mol. The highest BCUT2D eigenvalue weighted by atomic mass is 35.5. The quantitative estimate of drug-likeness (QED) is 0.0606. The van der Waals surface area contributed by atoms with Gasteiger partial charge in [-0.05, 0) is 73.2 Å². The van der Waals surface area contributed by atoms with Crippen LogP contribution in [0.5, 0.6) is 11.5 Å². The third-order valence-corrected chi connectivity index (χ3v) is 11.0. The number of aromatic hydroxyl groups is 1.